The molecule has 0 spiro atoms. The molecule has 0 saturated heterocycles. The zero-order chi connectivity index (χ0) is 20.6. The molecule has 2 aliphatic rings. The Morgan fingerprint density at radius 3 is 2.32 bits per heavy atom. The van der Waals surface area contributed by atoms with Crippen molar-refractivity contribution in [2.45, 2.75) is 65.7 Å². The lowest BCUT2D eigenvalue weighted by molar-refractivity contribution is -0.147. The van der Waals surface area contributed by atoms with Crippen molar-refractivity contribution >= 4 is 34.1 Å². The number of thiophene rings is 1. The lowest BCUT2D eigenvalue weighted by atomic mass is 9.72. The topological polar surface area (TPSA) is 109 Å². The molecule has 1 aromatic heterocycles. The molecule has 3 atom stereocenters. The first-order valence-corrected chi connectivity index (χ1v) is 10.9. The predicted octanol–water partition coefficient (Wildman–Crippen LogP) is 3.83. The first-order valence-electron chi connectivity index (χ1n) is 10.1. The van der Waals surface area contributed by atoms with E-state index in [1.165, 1.54) is 11.3 Å². The van der Waals surface area contributed by atoms with Crippen molar-refractivity contribution in [2.24, 2.45) is 28.9 Å². The molecule has 2 amide bonds. The number of primary amides is 1. The van der Waals surface area contributed by atoms with Gasteiger partial charge in [-0.1, -0.05) is 33.6 Å². The molecule has 28 heavy (non-hydrogen) atoms. The van der Waals surface area contributed by atoms with Crippen LogP contribution in [0.5, 0.6) is 0 Å². The lowest BCUT2D eigenvalue weighted by Crippen LogP contribution is -2.36. The van der Waals surface area contributed by atoms with Crippen LogP contribution in [-0.2, 0) is 22.4 Å². The van der Waals surface area contributed by atoms with Gasteiger partial charge in [-0.15, -0.1) is 11.3 Å². The first-order chi connectivity index (χ1) is 13.1. The highest BCUT2D eigenvalue weighted by atomic mass is 32.1. The Balaban J connectivity index is 1.86. The summed E-state index contributed by atoms with van der Waals surface area (Å²) in [7, 11) is 0. The van der Waals surface area contributed by atoms with Crippen molar-refractivity contribution in [2.75, 3.05) is 5.32 Å². The summed E-state index contributed by atoms with van der Waals surface area (Å²) in [5, 5.41) is 12.8. The second-order valence-electron chi connectivity index (χ2n) is 9.20. The van der Waals surface area contributed by atoms with Gasteiger partial charge < -0.3 is 16.2 Å². The fourth-order valence-corrected chi connectivity index (χ4v) is 5.95. The van der Waals surface area contributed by atoms with Gasteiger partial charge in [-0.05, 0) is 49.0 Å². The van der Waals surface area contributed by atoms with E-state index in [4.69, 9.17) is 5.73 Å². The molecule has 1 fully saturated rings. The van der Waals surface area contributed by atoms with Crippen LogP contribution < -0.4 is 11.1 Å². The number of nitrogens with two attached hydrogens (primary N) is 1. The monoisotopic (exact) mass is 406 g/mol. The molecule has 1 saturated carbocycles. The Morgan fingerprint density at radius 1 is 1.11 bits per heavy atom. The quantitative estimate of drug-likeness (QED) is 0.706. The van der Waals surface area contributed by atoms with Gasteiger partial charge in [0.1, 0.15) is 5.00 Å². The van der Waals surface area contributed by atoms with E-state index in [1.54, 1.807) is 0 Å². The fourth-order valence-electron chi connectivity index (χ4n) is 4.62. The number of anilines is 1. The van der Waals surface area contributed by atoms with E-state index in [0.717, 1.165) is 42.5 Å². The van der Waals surface area contributed by atoms with Gasteiger partial charge in [0.15, 0.2) is 0 Å². The number of rotatable bonds is 4. The molecule has 154 valence electrons. The summed E-state index contributed by atoms with van der Waals surface area (Å²) in [6.07, 6.45) is 5.40. The highest BCUT2D eigenvalue weighted by molar-refractivity contribution is 7.17. The number of hydrogen-bond acceptors (Lipinski definition) is 4. The molecule has 0 unspecified atom stereocenters. The third-order valence-corrected chi connectivity index (χ3v) is 7.56. The van der Waals surface area contributed by atoms with E-state index in [0.29, 0.717) is 29.3 Å². The van der Waals surface area contributed by atoms with Crippen LogP contribution in [0.15, 0.2) is 0 Å². The maximum Gasteiger partial charge on any atom is 0.307 e. The number of nitrogens with one attached hydrogen (secondary N) is 1. The first kappa shape index (κ1) is 20.8. The number of carboxylic acids is 1. The highest BCUT2D eigenvalue weighted by Gasteiger charge is 2.38. The number of carbonyl (C=O) groups excluding carboxylic acids is 2. The molecular weight excluding hydrogens is 376 g/mol. The van der Waals surface area contributed by atoms with Gasteiger partial charge in [0.2, 0.25) is 5.91 Å². The number of hydrogen-bond donors (Lipinski definition) is 3. The molecule has 1 aromatic rings. The zero-order valence-electron chi connectivity index (χ0n) is 16.8. The minimum absolute atomic E-state index is 0.175. The number of carbonyl (C=O) groups is 3. The third kappa shape index (κ3) is 4.09. The second kappa shape index (κ2) is 7.85. The number of fused-ring (bicyclic) bond motifs is 1. The average Bonchev–Trinajstić information content (AvgIpc) is 2.97. The van der Waals surface area contributed by atoms with Crippen LogP contribution >= 0.6 is 11.3 Å². The second-order valence-corrected chi connectivity index (χ2v) is 10.3. The summed E-state index contributed by atoms with van der Waals surface area (Å²) >= 11 is 1.43. The summed E-state index contributed by atoms with van der Waals surface area (Å²) in [4.78, 5) is 37.7. The highest BCUT2D eigenvalue weighted by Crippen LogP contribution is 2.44. The normalized spacial score (nSPS) is 25.0. The summed E-state index contributed by atoms with van der Waals surface area (Å²) in [6.45, 7) is 6.68. The van der Waals surface area contributed by atoms with Crippen LogP contribution in [0.2, 0.25) is 0 Å². The summed E-state index contributed by atoms with van der Waals surface area (Å²) < 4.78 is 0. The van der Waals surface area contributed by atoms with E-state index in [2.05, 4.69) is 26.1 Å². The third-order valence-electron chi connectivity index (χ3n) is 6.39. The van der Waals surface area contributed by atoms with Gasteiger partial charge in [-0.3, -0.25) is 14.4 Å². The molecule has 0 bridgehead atoms. The Bertz CT molecular complexity index is 793. The fraction of sp³-hybridized carbons (Fsp3) is 0.667. The van der Waals surface area contributed by atoms with E-state index >= 15 is 0 Å². The maximum atomic E-state index is 12.9. The Hall–Kier alpha value is -1.89. The standard InChI is InChI=1S/C21H30N2O4S/c1-21(2,3)11-8-9-14-15(10-11)28-19(16(14)17(22)24)23-18(25)12-6-4-5-7-13(12)20(26)27/h11-13H,4-10H2,1-3H3,(H2,22,24)(H,23,25)(H,26,27)/t11-,12+,13+/m1/s1. The van der Waals surface area contributed by atoms with Crippen molar-refractivity contribution in [1.29, 1.82) is 0 Å². The molecule has 1 heterocycles. The van der Waals surface area contributed by atoms with Crippen molar-refractivity contribution in [3.8, 4) is 0 Å². The Morgan fingerprint density at radius 2 is 1.75 bits per heavy atom. The van der Waals surface area contributed by atoms with E-state index in [1.807, 2.05) is 0 Å². The molecule has 4 N–H and O–H groups in total. The number of amides is 2. The van der Waals surface area contributed by atoms with E-state index in [9.17, 15) is 19.5 Å². The van der Waals surface area contributed by atoms with Gasteiger partial charge in [-0.25, -0.2) is 0 Å². The molecule has 7 heteroatoms. The minimum atomic E-state index is -0.923. The van der Waals surface area contributed by atoms with Crippen molar-refractivity contribution in [3.05, 3.63) is 16.0 Å². The van der Waals surface area contributed by atoms with Crippen LogP contribution in [0.4, 0.5) is 5.00 Å². The molecular formula is C21H30N2O4S. The average molecular weight is 407 g/mol. The molecule has 6 nitrogen and oxygen atoms in total. The van der Waals surface area contributed by atoms with Gasteiger partial charge in [-0.2, -0.15) is 0 Å². The molecule has 0 aromatic carbocycles. The zero-order valence-corrected chi connectivity index (χ0v) is 17.7. The molecule has 2 aliphatic carbocycles. The summed E-state index contributed by atoms with van der Waals surface area (Å²) in [6, 6.07) is 0. The van der Waals surface area contributed by atoms with Crippen molar-refractivity contribution < 1.29 is 19.5 Å². The Labute approximate surface area is 169 Å². The van der Waals surface area contributed by atoms with Crippen LogP contribution in [0.25, 0.3) is 0 Å². The number of carboxylic acid groups (broad SMARTS) is 1. The predicted molar refractivity (Wildman–Crippen MR) is 110 cm³/mol. The maximum absolute atomic E-state index is 12.9. The van der Waals surface area contributed by atoms with E-state index < -0.39 is 23.7 Å². The molecule has 0 radical (unpaired) electrons. The van der Waals surface area contributed by atoms with Crippen LogP contribution in [0.1, 0.15) is 73.7 Å². The summed E-state index contributed by atoms with van der Waals surface area (Å²) in [5.41, 5.74) is 7.22. The molecule has 0 aliphatic heterocycles. The summed E-state index contributed by atoms with van der Waals surface area (Å²) in [5.74, 6) is -2.47. The molecule has 3 rings (SSSR count). The van der Waals surface area contributed by atoms with Crippen molar-refractivity contribution in [3.63, 3.8) is 0 Å². The van der Waals surface area contributed by atoms with Crippen LogP contribution in [-0.4, -0.2) is 22.9 Å². The van der Waals surface area contributed by atoms with Gasteiger partial charge >= 0.3 is 5.97 Å². The van der Waals surface area contributed by atoms with E-state index in [-0.39, 0.29) is 11.3 Å². The lowest BCUT2D eigenvalue weighted by Gasteiger charge is -2.33. The van der Waals surface area contributed by atoms with Crippen LogP contribution in [0.3, 0.4) is 0 Å². The van der Waals surface area contributed by atoms with Gasteiger partial charge in [0.25, 0.3) is 5.91 Å². The largest absolute Gasteiger partial charge is 0.481 e. The number of aliphatic carboxylic acids is 1. The Kier molecular flexibility index (Phi) is 5.84. The van der Waals surface area contributed by atoms with Crippen molar-refractivity contribution in [1.82, 2.24) is 0 Å². The SMILES string of the molecule is CC(C)(C)[C@@H]1CCc2c(sc(NC(=O)[C@H]3CCCC[C@@H]3C(=O)O)c2C(N)=O)C1. The van der Waals surface area contributed by atoms with Crippen LogP contribution in [0, 0.1) is 23.2 Å². The van der Waals surface area contributed by atoms with Gasteiger partial charge in [0, 0.05) is 4.88 Å². The smallest absolute Gasteiger partial charge is 0.307 e. The minimum Gasteiger partial charge on any atom is -0.481 e. The van der Waals surface area contributed by atoms with Gasteiger partial charge in [0.05, 0.1) is 17.4 Å².